The van der Waals surface area contributed by atoms with E-state index in [1.165, 1.54) is 16.7 Å². The van der Waals surface area contributed by atoms with Crippen molar-refractivity contribution in [2.75, 3.05) is 19.6 Å². The Labute approximate surface area is 154 Å². The topological polar surface area (TPSA) is 15.3 Å². The molecule has 1 fully saturated rings. The van der Waals surface area contributed by atoms with Crippen LogP contribution in [0.3, 0.4) is 0 Å². The van der Waals surface area contributed by atoms with Gasteiger partial charge in [0.15, 0.2) is 0 Å². The minimum absolute atomic E-state index is 0.116. The molecule has 2 aliphatic rings. The predicted molar refractivity (Wildman–Crippen MR) is 101 cm³/mol. The van der Waals surface area contributed by atoms with E-state index in [0.717, 1.165) is 31.1 Å². The van der Waals surface area contributed by atoms with Crippen molar-refractivity contribution in [2.45, 2.75) is 37.8 Å². The Morgan fingerprint density at radius 1 is 1.12 bits per heavy atom. The Morgan fingerprint density at radius 2 is 1.88 bits per heavy atom. The predicted octanol–water partition coefficient (Wildman–Crippen LogP) is 4.74. The van der Waals surface area contributed by atoms with Crippen LogP contribution in [0.25, 0.3) is 0 Å². The Balaban J connectivity index is 1.70. The van der Waals surface area contributed by atoms with Gasteiger partial charge in [-0.3, -0.25) is 4.90 Å². The Kier molecular flexibility index (Phi) is 4.35. The second-order valence-electron chi connectivity index (χ2n) is 7.91. The van der Waals surface area contributed by atoms with Crippen LogP contribution in [-0.4, -0.2) is 30.1 Å². The van der Waals surface area contributed by atoms with Gasteiger partial charge in [-0.2, -0.15) is 0 Å². The lowest BCUT2D eigenvalue weighted by atomic mass is 9.93. The number of hydrogen-bond donors (Lipinski definition) is 1. The first-order valence-corrected chi connectivity index (χ1v) is 9.35. The van der Waals surface area contributed by atoms with Crippen LogP contribution in [0.5, 0.6) is 0 Å². The lowest BCUT2D eigenvalue weighted by molar-refractivity contribution is 0.107. The third-order valence-electron chi connectivity index (χ3n) is 5.56. The molecule has 0 bridgehead atoms. The van der Waals surface area contributed by atoms with E-state index in [-0.39, 0.29) is 11.4 Å². The van der Waals surface area contributed by atoms with Gasteiger partial charge in [-0.15, -0.1) is 0 Å². The molecule has 2 aromatic rings. The van der Waals surface area contributed by atoms with Crippen LogP contribution in [0.15, 0.2) is 42.5 Å². The van der Waals surface area contributed by atoms with Gasteiger partial charge in [-0.1, -0.05) is 29.8 Å². The first kappa shape index (κ1) is 17.0. The minimum Gasteiger partial charge on any atom is -0.309 e. The molecule has 0 unspecified atom stereocenters. The van der Waals surface area contributed by atoms with Crippen molar-refractivity contribution in [3.05, 3.63) is 70.0 Å². The molecule has 25 heavy (non-hydrogen) atoms. The fourth-order valence-corrected chi connectivity index (χ4v) is 4.61. The zero-order valence-corrected chi connectivity index (χ0v) is 15.5. The van der Waals surface area contributed by atoms with Crippen LogP contribution < -0.4 is 5.32 Å². The maximum atomic E-state index is 13.3. The van der Waals surface area contributed by atoms with Crippen molar-refractivity contribution < 1.29 is 4.39 Å². The van der Waals surface area contributed by atoms with Gasteiger partial charge in [0.05, 0.1) is 0 Å². The van der Waals surface area contributed by atoms with E-state index in [0.29, 0.717) is 12.0 Å². The van der Waals surface area contributed by atoms with E-state index in [4.69, 9.17) is 11.6 Å². The monoisotopic (exact) mass is 358 g/mol. The molecule has 4 rings (SSSR count). The summed E-state index contributed by atoms with van der Waals surface area (Å²) in [6.45, 7) is 7.56. The molecule has 0 saturated carbocycles. The number of hydrogen-bond acceptors (Lipinski definition) is 2. The van der Waals surface area contributed by atoms with Crippen LogP contribution in [-0.2, 0) is 0 Å². The molecule has 0 aromatic heterocycles. The van der Waals surface area contributed by atoms with Gasteiger partial charge in [0, 0.05) is 42.2 Å². The summed E-state index contributed by atoms with van der Waals surface area (Å²) in [6, 6.07) is 13.6. The third kappa shape index (κ3) is 3.33. The van der Waals surface area contributed by atoms with E-state index in [2.05, 4.69) is 36.2 Å². The van der Waals surface area contributed by atoms with Crippen molar-refractivity contribution >= 4 is 11.6 Å². The van der Waals surface area contributed by atoms with Gasteiger partial charge in [0.25, 0.3) is 0 Å². The molecule has 132 valence electrons. The highest BCUT2D eigenvalue weighted by atomic mass is 35.5. The number of halogens is 2. The second-order valence-corrected chi connectivity index (χ2v) is 8.35. The molecule has 2 atom stereocenters. The molecule has 0 amide bonds. The van der Waals surface area contributed by atoms with E-state index in [1.807, 2.05) is 18.2 Å². The van der Waals surface area contributed by atoms with E-state index < -0.39 is 0 Å². The van der Waals surface area contributed by atoms with Crippen molar-refractivity contribution in [1.82, 2.24) is 10.2 Å². The van der Waals surface area contributed by atoms with Gasteiger partial charge < -0.3 is 5.32 Å². The molecular weight excluding hydrogens is 335 g/mol. The molecule has 2 nitrogen and oxygen atoms in total. The lowest BCUT2D eigenvalue weighted by Gasteiger charge is -2.42. The maximum absolute atomic E-state index is 13.3. The Morgan fingerprint density at radius 3 is 2.60 bits per heavy atom. The zero-order valence-electron chi connectivity index (χ0n) is 14.7. The van der Waals surface area contributed by atoms with Crippen molar-refractivity contribution in [2.24, 2.45) is 0 Å². The van der Waals surface area contributed by atoms with Gasteiger partial charge in [-0.25, -0.2) is 4.39 Å². The van der Waals surface area contributed by atoms with Crippen molar-refractivity contribution in [1.29, 1.82) is 0 Å². The minimum atomic E-state index is -0.182. The number of nitrogens with zero attached hydrogens (tertiary/aromatic N) is 1. The maximum Gasteiger partial charge on any atom is 0.123 e. The fourth-order valence-electron chi connectivity index (χ4n) is 4.43. The second kappa shape index (κ2) is 6.39. The van der Waals surface area contributed by atoms with Crippen molar-refractivity contribution in [3.8, 4) is 0 Å². The Bertz CT molecular complexity index is 772. The first-order valence-electron chi connectivity index (χ1n) is 8.97. The lowest BCUT2D eigenvalue weighted by Crippen LogP contribution is -2.57. The molecule has 2 aromatic carbocycles. The third-order valence-corrected chi connectivity index (χ3v) is 5.79. The van der Waals surface area contributed by atoms with Gasteiger partial charge in [0.2, 0.25) is 0 Å². The summed E-state index contributed by atoms with van der Waals surface area (Å²) < 4.78 is 13.3. The molecule has 1 saturated heterocycles. The summed E-state index contributed by atoms with van der Waals surface area (Å²) >= 11 is 6.32. The van der Waals surface area contributed by atoms with Crippen LogP contribution in [0.4, 0.5) is 4.39 Å². The molecule has 1 N–H and O–H groups in total. The van der Waals surface area contributed by atoms with Crippen LogP contribution in [0.2, 0.25) is 5.02 Å². The molecule has 4 heteroatoms. The Hall–Kier alpha value is -1.42. The number of fused-ring (bicyclic) bond motifs is 1. The zero-order chi connectivity index (χ0) is 17.6. The van der Waals surface area contributed by atoms with Gasteiger partial charge >= 0.3 is 0 Å². The highest BCUT2D eigenvalue weighted by Gasteiger charge is 2.38. The molecule has 0 radical (unpaired) electrons. The summed E-state index contributed by atoms with van der Waals surface area (Å²) in [5.41, 5.74) is 3.96. The normalized spacial score (nSPS) is 25.8. The highest BCUT2D eigenvalue weighted by Crippen LogP contribution is 2.48. The molecule has 0 spiro atoms. The van der Waals surface area contributed by atoms with E-state index in [9.17, 15) is 4.39 Å². The van der Waals surface area contributed by atoms with Gasteiger partial charge in [-0.05, 0) is 61.2 Å². The summed E-state index contributed by atoms with van der Waals surface area (Å²) in [5.74, 6) is 0.120. The summed E-state index contributed by atoms with van der Waals surface area (Å²) in [7, 11) is 0. The molecular formula is C21H24ClFN2. The summed E-state index contributed by atoms with van der Waals surface area (Å²) in [5, 5.41) is 4.38. The van der Waals surface area contributed by atoms with Crippen molar-refractivity contribution in [3.63, 3.8) is 0 Å². The van der Waals surface area contributed by atoms with Gasteiger partial charge in [0.1, 0.15) is 5.82 Å². The van der Waals surface area contributed by atoms with Crippen LogP contribution >= 0.6 is 11.6 Å². The first-order chi connectivity index (χ1) is 11.9. The molecule has 1 aliphatic heterocycles. The molecule has 1 aliphatic carbocycles. The van der Waals surface area contributed by atoms with E-state index >= 15 is 0 Å². The molecule has 1 heterocycles. The smallest absolute Gasteiger partial charge is 0.123 e. The number of piperazine rings is 1. The number of rotatable bonds is 2. The average Bonchev–Trinajstić information content (AvgIpc) is 2.93. The van der Waals surface area contributed by atoms with Crippen LogP contribution in [0, 0.1) is 5.82 Å². The highest BCUT2D eigenvalue weighted by molar-refractivity contribution is 6.30. The standard InChI is InChI=1S/C21H24ClFN2/c1-21(2)13-25(10-9-24-21)20-12-18(14-3-6-16(23)7-4-14)17-8-5-15(22)11-19(17)20/h3-8,11,18,20,24H,9-10,12-13H2,1-2H3/t18-,20+/m1/s1. The number of nitrogens with one attached hydrogen (secondary N) is 1. The largest absolute Gasteiger partial charge is 0.309 e. The quantitative estimate of drug-likeness (QED) is 0.834. The van der Waals surface area contributed by atoms with E-state index in [1.54, 1.807) is 12.1 Å². The average molecular weight is 359 g/mol. The fraction of sp³-hybridized carbons (Fsp3) is 0.429. The van der Waals surface area contributed by atoms with Crippen LogP contribution in [0.1, 0.15) is 48.9 Å². The summed E-state index contributed by atoms with van der Waals surface area (Å²) in [4.78, 5) is 2.58. The SMILES string of the molecule is CC1(C)CN([C@H]2C[C@H](c3ccc(F)cc3)c3ccc(Cl)cc32)CCN1. The number of benzene rings is 2. The summed E-state index contributed by atoms with van der Waals surface area (Å²) in [6.07, 6.45) is 1.03.